The fraction of sp³-hybridized carbons (Fsp3) is 0.600. The minimum atomic E-state index is 0.191. The second-order valence-electron chi connectivity index (χ2n) is 7.40. The number of likely N-dealkylation sites (tertiary alicyclic amines) is 1. The molecular formula is C20H28N4O. The Balaban J connectivity index is 1.61. The molecule has 1 aromatic carbocycles. The molecule has 2 saturated heterocycles. The van der Waals surface area contributed by atoms with E-state index in [0.717, 1.165) is 63.4 Å². The van der Waals surface area contributed by atoms with E-state index in [0.29, 0.717) is 12.0 Å². The maximum absolute atomic E-state index is 11.6. The van der Waals surface area contributed by atoms with Crippen molar-refractivity contribution in [1.29, 1.82) is 5.26 Å². The average molecular weight is 340 g/mol. The fourth-order valence-corrected chi connectivity index (χ4v) is 4.24. The Kier molecular flexibility index (Phi) is 5.72. The van der Waals surface area contributed by atoms with Gasteiger partial charge in [0.25, 0.3) is 0 Å². The highest BCUT2D eigenvalue weighted by Crippen LogP contribution is 2.25. The van der Waals surface area contributed by atoms with Gasteiger partial charge in [0.15, 0.2) is 0 Å². The van der Waals surface area contributed by atoms with Crippen LogP contribution in [0, 0.1) is 17.2 Å². The lowest BCUT2D eigenvalue weighted by molar-refractivity contribution is -0.128. The molecule has 0 bridgehead atoms. The molecule has 2 atom stereocenters. The molecule has 3 rings (SSSR count). The molecule has 0 saturated carbocycles. The largest absolute Gasteiger partial charge is 0.342 e. The molecule has 1 amide bonds. The van der Waals surface area contributed by atoms with Crippen molar-refractivity contribution >= 4 is 5.91 Å². The third-order valence-electron chi connectivity index (χ3n) is 5.62. The first-order valence-electron chi connectivity index (χ1n) is 9.28. The van der Waals surface area contributed by atoms with Crippen molar-refractivity contribution in [3.05, 3.63) is 35.4 Å². The van der Waals surface area contributed by atoms with Crippen molar-refractivity contribution < 1.29 is 4.79 Å². The normalized spacial score (nSPS) is 25.6. The van der Waals surface area contributed by atoms with E-state index in [1.165, 1.54) is 0 Å². The molecule has 5 nitrogen and oxygen atoms in total. The molecular weight excluding hydrogens is 312 g/mol. The van der Waals surface area contributed by atoms with Crippen LogP contribution in [0.15, 0.2) is 24.3 Å². The predicted octanol–water partition coefficient (Wildman–Crippen LogP) is 1.93. The third-order valence-corrected chi connectivity index (χ3v) is 5.62. The molecule has 2 unspecified atom stereocenters. The number of rotatable bonds is 3. The molecule has 2 aliphatic rings. The van der Waals surface area contributed by atoms with Crippen molar-refractivity contribution in [2.45, 2.75) is 32.9 Å². The van der Waals surface area contributed by atoms with Crippen molar-refractivity contribution in [2.75, 3.05) is 39.3 Å². The molecule has 5 heteroatoms. The van der Waals surface area contributed by atoms with Gasteiger partial charge < -0.3 is 4.90 Å². The quantitative estimate of drug-likeness (QED) is 0.844. The summed E-state index contributed by atoms with van der Waals surface area (Å²) in [6, 6.07) is 10.7. The van der Waals surface area contributed by atoms with Gasteiger partial charge in [-0.1, -0.05) is 25.1 Å². The van der Waals surface area contributed by atoms with Gasteiger partial charge in [-0.3, -0.25) is 14.6 Å². The van der Waals surface area contributed by atoms with Gasteiger partial charge >= 0.3 is 0 Å². The fourth-order valence-electron chi connectivity index (χ4n) is 4.24. The molecule has 0 aliphatic carbocycles. The molecule has 0 radical (unpaired) electrons. The maximum atomic E-state index is 11.6. The standard InChI is InChI=1S/C20H28N4O/c1-16-13-22(14-19-7-4-3-6-18(19)12-21)15-20(16)24-9-5-8-23(10-11-24)17(2)25/h3-4,6-7,16,20H,5,8-11,13-15H2,1-2H3. The van der Waals surface area contributed by atoms with Gasteiger partial charge in [-0.15, -0.1) is 0 Å². The third kappa shape index (κ3) is 4.20. The Morgan fingerprint density at radius 1 is 1.20 bits per heavy atom. The van der Waals surface area contributed by atoms with Crippen LogP contribution in [0.25, 0.3) is 0 Å². The minimum absolute atomic E-state index is 0.191. The molecule has 0 N–H and O–H groups in total. The zero-order valence-corrected chi connectivity index (χ0v) is 15.3. The average Bonchev–Trinajstić information content (AvgIpc) is 2.82. The molecule has 2 heterocycles. The van der Waals surface area contributed by atoms with E-state index in [2.05, 4.69) is 28.9 Å². The first-order valence-corrected chi connectivity index (χ1v) is 9.28. The molecule has 25 heavy (non-hydrogen) atoms. The van der Waals surface area contributed by atoms with Gasteiger partial charge in [-0.05, 0) is 24.0 Å². The predicted molar refractivity (Wildman–Crippen MR) is 97.8 cm³/mol. The van der Waals surface area contributed by atoms with Crippen LogP contribution < -0.4 is 0 Å². The lowest BCUT2D eigenvalue weighted by Crippen LogP contribution is -2.42. The summed E-state index contributed by atoms with van der Waals surface area (Å²) in [4.78, 5) is 18.6. The first kappa shape index (κ1) is 17.9. The summed E-state index contributed by atoms with van der Waals surface area (Å²) in [5, 5.41) is 9.29. The monoisotopic (exact) mass is 340 g/mol. The smallest absolute Gasteiger partial charge is 0.219 e. The zero-order chi connectivity index (χ0) is 17.8. The van der Waals surface area contributed by atoms with E-state index in [1.54, 1.807) is 6.92 Å². The van der Waals surface area contributed by atoms with E-state index < -0.39 is 0 Å². The summed E-state index contributed by atoms with van der Waals surface area (Å²) in [7, 11) is 0. The van der Waals surface area contributed by atoms with Gasteiger partial charge in [-0.25, -0.2) is 0 Å². The highest BCUT2D eigenvalue weighted by Gasteiger charge is 2.34. The highest BCUT2D eigenvalue weighted by atomic mass is 16.2. The molecule has 1 aromatic rings. The summed E-state index contributed by atoms with van der Waals surface area (Å²) < 4.78 is 0. The van der Waals surface area contributed by atoms with Gasteiger partial charge in [0.2, 0.25) is 5.91 Å². The number of hydrogen-bond acceptors (Lipinski definition) is 4. The van der Waals surface area contributed by atoms with Crippen molar-refractivity contribution in [1.82, 2.24) is 14.7 Å². The van der Waals surface area contributed by atoms with Crippen LogP contribution in [0.3, 0.4) is 0 Å². The van der Waals surface area contributed by atoms with Crippen LogP contribution in [-0.4, -0.2) is 65.9 Å². The van der Waals surface area contributed by atoms with Gasteiger partial charge in [0.05, 0.1) is 11.6 Å². The summed E-state index contributed by atoms with van der Waals surface area (Å²) >= 11 is 0. The lowest BCUT2D eigenvalue weighted by atomic mass is 10.0. The zero-order valence-electron chi connectivity index (χ0n) is 15.3. The van der Waals surface area contributed by atoms with Gasteiger partial charge in [0, 0.05) is 58.8 Å². The Morgan fingerprint density at radius 3 is 2.76 bits per heavy atom. The molecule has 2 fully saturated rings. The van der Waals surface area contributed by atoms with Crippen LogP contribution in [0.2, 0.25) is 0 Å². The molecule has 0 spiro atoms. The van der Waals surface area contributed by atoms with Gasteiger partial charge in [0.1, 0.15) is 0 Å². The molecule has 134 valence electrons. The van der Waals surface area contributed by atoms with Crippen LogP contribution in [0.1, 0.15) is 31.4 Å². The first-order chi connectivity index (χ1) is 12.1. The van der Waals surface area contributed by atoms with Crippen LogP contribution in [0.4, 0.5) is 0 Å². The van der Waals surface area contributed by atoms with E-state index in [9.17, 15) is 10.1 Å². The van der Waals surface area contributed by atoms with Crippen molar-refractivity contribution in [3.63, 3.8) is 0 Å². The van der Waals surface area contributed by atoms with Crippen LogP contribution in [0.5, 0.6) is 0 Å². The van der Waals surface area contributed by atoms with E-state index >= 15 is 0 Å². The minimum Gasteiger partial charge on any atom is -0.342 e. The summed E-state index contributed by atoms with van der Waals surface area (Å²) in [5.74, 6) is 0.800. The Hall–Kier alpha value is -1.90. The molecule has 0 aromatic heterocycles. The summed E-state index contributed by atoms with van der Waals surface area (Å²) in [5.41, 5.74) is 1.90. The number of hydrogen-bond donors (Lipinski definition) is 0. The summed E-state index contributed by atoms with van der Waals surface area (Å²) in [6.45, 7) is 10.7. The SMILES string of the molecule is CC(=O)N1CCCN(C2CN(Cc3ccccc3C#N)CC2C)CC1. The number of carbonyl (C=O) groups excluding carboxylic acids is 1. The van der Waals surface area contributed by atoms with Crippen LogP contribution >= 0.6 is 0 Å². The van der Waals surface area contributed by atoms with Gasteiger partial charge in [-0.2, -0.15) is 5.26 Å². The maximum Gasteiger partial charge on any atom is 0.219 e. The second-order valence-corrected chi connectivity index (χ2v) is 7.40. The van der Waals surface area contributed by atoms with Crippen LogP contribution in [-0.2, 0) is 11.3 Å². The lowest BCUT2D eigenvalue weighted by Gasteiger charge is -2.30. The van der Waals surface area contributed by atoms with E-state index in [-0.39, 0.29) is 5.91 Å². The Morgan fingerprint density at radius 2 is 2.00 bits per heavy atom. The second kappa shape index (κ2) is 7.99. The summed E-state index contributed by atoms with van der Waals surface area (Å²) in [6.07, 6.45) is 1.06. The topological polar surface area (TPSA) is 50.6 Å². The van der Waals surface area contributed by atoms with Crippen molar-refractivity contribution in [3.8, 4) is 6.07 Å². The molecule has 2 aliphatic heterocycles. The Labute approximate surface area is 150 Å². The van der Waals surface area contributed by atoms with E-state index in [4.69, 9.17) is 0 Å². The number of nitriles is 1. The Bertz CT molecular complexity index is 653. The number of amides is 1. The number of nitrogens with zero attached hydrogens (tertiary/aromatic N) is 4. The van der Waals surface area contributed by atoms with Crippen molar-refractivity contribution in [2.24, 2.45) is 5.92 Å². The number of benzene rings is 1. The highest BCUT2D eigenvalue weighted by molar-refractivity contribution is 5.73. The van der Waals surface area contributed by atoms with E-state index in [1.807, 2.05) is 23.1 Å². The number of carbonyl (C=O) groups is 1.